The summed E-state index contributed by atoms with van der Waals surface area (Å²) >= 11 is 13.6. The van der Waals surface area contributed by atoms with Crippen molar-refractivity contribution in [2.24, 2.45) is 0 Å². The number of thioether (sulfide) groups is 1. The normalized spacial score (nSPS) is 21.4. The third kappa shape index (κ3) is 5.20. The number of morpholine rings is 1. The first-order valence-electron chi connectivity index (χ1n) is 9.92. The molecule has 1 aliphatic rings. The summed E-state index contributed by atoms with van der Waals surface area (Å²) < 4.78 is 6.06. The third-order valence-electron chi connectivity index (χ3n) is 5.32. The Kier molecular flexibility index (Phi) is 7.86. The summed E-state index contributed by atoms with van der Waals surface area (Å²) in [5.41, 5.74) is 1.83. The molecule has 30 heavy (non-hydrogen) atoms. The molecule has 1 heterocycles. The Bertz CT molecular complexity index is 906. The Labute approximate surface area is 191 Å². The average Bonchev–Trinajstić information content (AvgIpc) is 2.70. The Morgan fingerprint density at radius 1 is 1.17 bits per heavy atom. The van der Waals surface area contributed by atoms with Crippen molar-refractivity contribution in [1.82, 2.24) is 4.90 Å². The minimum atomic E-state index is -0.383. The quantitative estimate of drug-likeness (QED) is 0.518. The number of benzene rings is 2. The van der Waals surface area contributed by atoms with E-state index >= 15 is 0 Å². The van der Waals surface area contributed by atoms with Gasteiger partial charge in [0.05, 0.1) is 6.04 Å². The van der Waals surface area contributed by atoms with Crippen LogP contribution in [-0.2, 0) is 14.3 Å². The lowest BCUT2D eigenvalue weighted by atomic mass is 9.90. The van der Waals surface area contributed by atoms with Crippen LogP contribution in [0.4, 0.5) is 0 Å². The molecule has 1 amide bonds. The summed E-state index contributed by atoms with van der Waals surface area (Å²) in [6.07, 6.45) is 0.339. The van der Waals surface area contributed by atoms with E-state index in [1.807, 2.05) is 67.3 Å². The van der Waals surface area contributed by atoms with Gasteiger partial charge in [0.15, 0.2) is 5.12 Å². The second-order valence-electron chi connectivity index (χ2n) is 7.37. The van der Waals surface area contributed by atoms with Crippen molar-refractivity contribution in [2.75, 3.05) is 6.61 Å². The van der Waals surface area contributed by atoms with Gasteiger partial charge in [-0.3, -0.25) is 9.59 Å². The highest BCUT2D eigenvalue weighted by Crippen LogP contribution is 2.43. The maximum atomic E-state index is 13.1. The van der Waals surface area contributed by atoms with Gasteiger partial charge in [0, 0.05) is 28.3 Å². The molecule has 0 aromatic heterocycles. The largest absolute Gasteiger partial charge is 0.361 e. The smallest absolute Gasteiger partial charge is 0.249 e. The van der Waals surface area contributed by atoms with Gasteiger partial charge in [-0.25, -0.2) is 0 Å². The van der Waals surface area contributed by atoms with E-state index in [0.717, 1.165) is 17.5 Å². The molecule has 0 bridgehead atoms. The summed E-state index contributed by atoms with van der Waals surface area (Å²) in [6.45, 7) is 5.57. The van der Waals surface area contributed by atoms with Crippen molar-refractivity contribution in [2.45, 2.75) is 50.6 Å². The van der Waals surface area contributed by atoms with Gasteiger partial charge in [0.1, 0.15) is 12.7 Å². The van der Waals surface area contributed by atoms with Crippen LogP contribution in [0.25, 0.3) is 0 Å². The first-order valence-corrected chi connectivity index (χ1v) is 11.6. The number of carbonyl (C=O) groups is 2. The molecule has 4 atom stereocenters. The molecule has 0 aliphatic carbocycles. The summed E-state index contributed by atoms with van der Waals surface area (Å²) in [5.74, 6) is -0.0870. The molecule has 2 aromatic rings. The first-order chi connectivity index (χ1) is 14.3. The molecule has 0 radical (unpaired) electrons. The molecular weight excluding hydrogens is 441 g/mol. The van der Waals surface area contributed by atoms with Crippen molar-refractivity contribution >= 4 is 46.0 Å². The first kappa shape index (κ1) is 23.1. The van der Waals surface area contributed by atoms with Gasteiger partial charge in [0.2, 0.25) is 5.91 Å². The number of hydrogen-bond donors (Lipinski definition) is 0. The lowest BCUT2D eigenvalue weighted by Gasteiger charge is -2.46. The summed E-state index contributed by atoms with van der Waals surface area (Å²) in [5, 5.41) is 1.22. The van der Waals surface area contributed by atoms with Crippen LogP contribution in [0.15, 0.2) is 48.5 Å². The fourth-order valence-corrected chi connectivity index (χ4v) is 5.40. The average molecular weight is 466 g/mol. The lowest BCUT2D eigenvalue weighted by molar-refractivity contribution is -0.163. The standard InChI is InChI=1S/C23H25Cl2NO3S/c1-4-20(14(2)30-15(3)27)26-21(28)13-29-23(17-6-5-7-19(25)12-17)22(26)16-8-10-18(24)11-9-16/h5-12,14,20,22-23H,4,13H2,1-3H3/t14-,20-,22+,23+/m0/s1. The van der Waals surface area contributed by atoms with E-state index in [0.29, 0.717) is 10.0 Å². The molecule has 1 aliphatic heterocycles. The summed E-state index contributed by atoms with van der Waals surface area (Å²) in [6, 6.07) is 14.5. The monoisotopic (exact) mass is 465 g/mol. The minimum Gasteiger partial charge on any atom is -0.361 e. The van der Waals surface area contributed by atoms with Crippen LogP contribution in [0.1, 0.15) is 50.5 Å². The van der Waals surface area contributed by atoms with E-state index in [1.165, 1.54) is 11.8 Å². The highest BCUT2D eigenvalue weighted by molar-refractivity contribution is 8.14. The summed E-state index contributed by atoms with van der Waals surface area (Å²) in [4.78, 5) is 26.8. The SMILES string of the molecule is CC[C@@H]([C@H](C)SC(C)=O)N1C(=O)CO[C@H](c2cccc(Cl)c2)[C@H]1c1ccc(Cl)cc1. The fraction of sp³-hybridized carbons (Fsp3) is 0.391. The van der Waals surface area contributed by atoms with Crippen LogP contribution >= 0.6 is 35.0 Å². The van der Waals surface area contributed by atoms with Gasteiger partial charge in [-0.15, -0.1) is 0 Å². The van der Waals surface area contributed by atoms with E-state index in [-0.39, 0.29) is 41.1 Å². The molecule has 4 nitrogen and oxygen atoms in total. The number of carbonyl (C=O) groups excluding carboxylic acids is 2. The molecule has 160 valence electrons. The van der Waals surface area contributed by atoms with Crippen molar-refractivity contribution < 1.29 is 14.3 Å². The van der Waals surface area contributed by atoms with Gasteiger partial charge in [-0.1, -0.05) is 73.1 Å². The van der Waals surface area contributed by atoms with Gasteiger partial charge in [-0.05, 0) is 41.8 Å². The second kappa shape index (κ2) is 10.2. The molecule has 1 saturated heterocycles. The molecule has 2 aromatic carbocycles. The van der Waals surface area contributed by atoms with Crippen molar-refractivity contribution in [3.63, 3.8) is 0 Å². The number of nitrogens with zero attached hydrogens (tertiary/aromatic N) is 1. The third-order valence-corrected chi connectivity index (χ3v) is 6.82. The Morgan fingerprint density at radius 2 is 1.87 bits per heavy atom. The lowest BCUT2D eigenvalue weighted by Crippen LogP contribution is -2.53. The van der Waals surface area contributed by atoms with Gasteiger partial charge in [0.25, 0.3) is 0 Å². The van der Waals surface area contributed by atoms with Gasteiger partial charge < -0.3 is 9.64 Å². The maximum Gasteiger partial charge on any atom is 0.249 e. The Hall–Kier alpha value is -1.53. The molecule has 0 N–H and O–H groups in total. The van der Waals surface area contributed by atoms with Crippen molar-refractivity contribution in [3.8, 4) is 0 Å². The Balaban J connectivity index is 2.09. The second-order valence-corrected chi connectivity index (χ2v) is 9.80. The predicted octanol–water partition coefficient (Wildman–Crippen LogP) is 6.08. The van der Waals surface area contributed by atoms with Crippen LogP contribution in [0.3, 0.4) is 0 Å². The zero-order valence-electron chi connectivity index (χ0n) is 17.2. The molecule has 3 rings (SSSR count). The molecule has 0 unspecified atom stereocenters. The van der Waals surface area contributed by atoms with Crippen LogP contribution in [0.2, 0.25) is 10.0 Å². The van der Waals surface area contributed by atoms with Crippen LogP contribution < -0.4 is 0 Å². The number of rotatable bonds is 6. The van der Waals surface area contributed by atoms with Crippen LogP contribution in [0.5, 0.6) is 0 Å². The van der Waals surface area contributed by atoms with Crippen molar-refractivity contribution in [1.29, 1.82) is 0 Å². The van der Waals surface area contributed by atoms with E-state index in [2.05, 4.69) is 0 Å². The van der Waals surface area contributed by atoms with Gasteiger partial charge >= 0.3 is 0 Å². The molecular formula is C23H25Cl2NO3S. The van der Waals surface area contributed by atoms with E-state index in [4.69, 9.17) is 27.9 Å². The van der Waals surface area contributed by atoms with Crippen LogP contribution in [-0.4, -0.2) is 33.8 Å². The van der Waals surface area contributed by atoms with Crippen LogP contribution in [0, 0.1) is 0 Å². The number of ether oxygens (including phenoxy) is 1. The van der Waals surface area contributed by atoms with Gasteiger partial charge in [-0.2, -0.15) is 0 Å². The number of amides is 1. The predicted molar refractivity (Wildman–Crippen MR) is 123 cm³/mol. The zero-order valence-corrected chi connectivity index (χ0v) is 19.5. The molecule has 1 fully saturated rings. The zero-order chi connectivity index (χ0) is 21.8. The Morgan fingerprint density at radius 3 is 2.47 bits per heavy atom. The molecule has 0 saturated carbocycles. The number of hydrogen-bond acceptors (Lipinski definition) is 4. The highest BCUT2D eigenvalue weighted by Gasteiger charge is 2.43. The summed E-state index contributed by atoms with van der Waals surface area (Å²) in [7, 11) is 0. The highest BCUT2D eigenvalue weighted by atomic mass is 35.5. The van der Waals surface area contributed by atoms with E-state index in [9.17, 15) is 9.59 Å². The number of halogens is 2. The molecule has 7 heteroatoms. The fourth-order valence-electron chi connectivity index (χ4n) is 4.07. The van der Waals surface area contributed by atoms with Crippen molar-refractivity contribution in [3.05, 3.63) is 69.7 Å². The maximum absolute atomic E-state index is 13.1. The van der Waals surface area contributed by atoms with E-state index < -0.39 is 0 Å². The molecule has 0 spiro atoms. The topological polar surface area (TPSA) is 46.6 Å². The van der Waals surface area contributed by atoms with E-state index in [1.54, 1.807) is 6.92 Å². The minimum absolute atomic E-state index is 0.0186.